The number of carbonyl (C=O) groups is 2. The fourth-order valence-electron chi connectivity index (χ4n) is 3.84. The third kappa shape index (κ3) is 3.62. The van der Waals surface area contributed by atoms with Crippen LogP contribution < -0.4 is 10.5 Å². The highest BCUT2D eigenvalue weighted by atomic mass is 32.1. The Labute approximate surface area is 186 Å². The Morgan fingerprint density at radius 2 is 1.94 bits per heavy atom. The predicted octanol–water partition coefficient (Wildman–Crippen LogP) is 4.50. The second kappa shape index (κ2) is 7.86. The molecule has 6 nitrogen and oxygen atoms in total. The van der Waals surface area contributed by atoms with E-state index < -0.39 is 0 Å². The van der Waals surface area contributed by atoms with E-state index in [1.165, 1.54) is 27.1 Å². The van der Waals surface area contributed by atoms with Gasteiger partial charge in [0.1, 0.15) is 4.83 Å². The number of benzene rings is 1. The topological polar surface area (TPSA) is 72.3 Å². The third-order valence-electron chi connectivity index (χ3n) is 5.45. The molecule has 5 rings (SSSR count). The molecule has 1 aliphatic rings. The van der Waals surface area contributed by atoms with Crippen LogP contribution in [0.4, 0.5) is 5.69 Å². The summed E-state index contributed by atoms with van der Waals surface area (Å²) in [5.41, 5.74) is 1.97. The number of carbonyl (C=O) groups excluding carboxylic acids is 2. The molecule has 0 N–H and O–H groups in total. The normalized spacial score (nSPS) is 14.0. The number of rotatable bonds is 5. The van der Waals surface area contributed by atoms with Crippen LogP contribution in [0.15, 0.2) is 52.9 Å². The SMILES string of the molecule is Cc1ccc(-c2csc3ncn(CC(=O)c4ccc(N5CCCC5=O)cc4)c(=O)c23)s1. The lowest BCUT2D eigenvalue weighted by atomic mass is 10.1. The van der Waals surface area contributed by atoms with Gasteiger partial charge in [0.25, 0.3) is 5.56 Å². The Morgan fingerprint density at radius 1 is 1.13 bits per heavy atom. The zero-order valence-electron chi connectivity index (χ0n) is 16.8. The van der Waals surface area contributed by atoms with Crippen LogP contribution in [-0.4, -0.2) is 27.8 Å². The molecule has 0 spiro atoms. The minimum atomic E-state index is -0.208. The Morgan fingerprint density at radius 3 is 2.61 bits per heavy atom. The van der Waals surface area contributed by atoms with E-state index in [9.17, 15) is 14.4 Å². The smallest absolute Gasteiger partial charge is 0.263 e. The van der Waals surface area contributed by atoms with Gasteiger partial charge in [-0.05, 0) is 49.7 Å². The zero-order chi connectivity index (χ0) is 21.5. The lowest BCUT2D eigenvalue weighted by molar-refractivity contribution is -0.117. The number of Topliss-reactive ketones (excluding diaryl/α,β-unsaturated/α-hetero) is 1. The van der Waals surface area contributed by atoms with Gasteiger partial charge in [0, 0.05) is 44.9 Å². The van der Waals surface area contributed by atoms with Crippen molar-refractivity contribution in [2.24, 2.45) is 0 Å². The molecule has 4 heterocycles. The molecule has 156 valence electrons. The van der Waals surface area contributed by atoms with Crippen LogP contribution in [0.1, 0.15) is 28.1 Å². The van der Waals surface area contributed by atoms with Crippen molar-refractivity contribution in [2.45, 2.75) is 26.3 Å². The van der Waals surface area contributed by atoms with Crippen molar-refractivity contribution in [3.63, 3.8) is 0 Å². The van der Waals surface area contributed by atoms with Gasteiger partial charge in [-0.25, -0.2) is 4.98 Å². The summed E-state index contributed by atoms with van der Waals surface area (Å²) in [4.78, 5) is 46.9. The van der Waals surface area contributed by atoms with Crippen molar-refractivity contribution in [3.05, 3.63) is 68.9 Å². The fourth-order valence-corrected chi connectivity index (χ4v) is 5.70. The van der Waals surface area contributed by atoms with Gasteiger partial charge >= 0.3 is 0 Å². The summed E-state index contributed by atoms with van der Waals surface area (Å²) in [6, 6.07) is 11.0. The van der Waals surface area contributed by atoms with Crippen LogP contribution in [-0.2, 0) is 11.3 Å². The number of hydrogen-bond donors (Lipinski definition) is 0. The number of hydrogen-bond acceptors (Lipinski definition) is 6. The monoisotopic (exact) mass is 449 g/mol. The van der Waals surface area contributed by atoms with Gasteiger partial charge in [0.2, 0.25) is 5.91 Å². The average Bonchev–Trinajstić information content (AvgIpc) is 3.50. The minimum Gasteiger partial charge on any atom is -0.312 e. The van der Waals surface area contributed by atoms with E-state index in [0.717, 1.165) is 22.5 Å². The maximum atomic E-state index is 13.2. The van der Waals surface area contributed by atoms with Crippen molar-refractivity contribution in [2.75, 3.05) is 11.4 Å². The Balaban J connectivity index is 1.42. The first-order valence-electron chi connectivity index (χ1n) is 9.98. The van der Waals surface area contributed by atoms with Crippen molar-refractivity contribution < 1.29 is 9.59 Å². The van der Waals surface area contributed by atoms with Gasteiger partial charge < -0.3 is 4.90 Å². The lowest BCUT2D eigenvalue weighted by Gasteiger charge is -2.15. The molecule has 3 aromatic heterocycles. The second-order valence-electron chi connectivity index (χ2n) is 7.54. The molecule has 1 amide bonds. The van der Waals surface area contributed by atoms with Crippen molar-refractivity contribution in [1.29, 1.82) is 0 Å². The van der Waals surface area contributed by atoms with Crippen molar-refractivity contribution in [1.82, 2.24) is 9.55 Å². The number of fused-ring (bicyclic) bond motifs is 1. The summed E-state index contributed by atoms with van der Waals surface area (Å²) >= 11 is 3.07. The van der Waals surface area contributed by atoms with Crippen LogP contribution in [0, 0.1) is 6.92 Å². The molecule has 31 heavy (non-hydrogen) atoms. The summed E-state index contributed by atoms with van der Waals surface area (Å²) in [6.07, 6.45) is 2.86. The third-order valence-corrected chi connectivity index (χ3v) is 7.38. The van der Waals surface area contributed by atoms with Crippen LogP contribution in [0.3, 0.4) is 0 Å². The number of amides is 1. The highest BCUT2D eigenvalue weighted by Gasteiger charge is 2.22. The molecule has 0 bridgehead atoms. The van der Waals surface area contributed by atoms with E-state index in [1.807, 2.05) is 24.4 Å². The zero-order valence-corrected chi connectivity index (χ0v) is 18.5. The number of ketones is 1. The number of nitrogens with zero attached hydrogens (tertiary/aromatic N) is 3. The molecule has 0 atom stereocenters. The van der Waals surface area contributed by atoms with Gasteiger partial charge in [-0.1, -0.05) is 0 Å². The fraction of sp³-hybridized carbons (Fsp3) is 0.217. The van der Waals surface area contributed by atoms with E-state index in [-0.39, 0.29) is 23.8 Å². The molecule has 1 fully saturated rings. The lowest BCUT2D eigenvalue weighted by Crippen LogP contribution is -2.25. The van der Waals surface area contributed by atoms with Crippen LogP contribution in [0.5, 0.6) is 0 Å². The molecule has 1 aliphatic heterocycles. The molecule has 0 aliphatic carbocycles. The highest BCUT2D eigenvalue weighted by Crippen LogP contribution is 2.34. The predicted molar refractivity (Wildman–Crippen MR) is 124 cm³/mol. The summed E-state index contributed by atoms with van der Waals surface area (Å²) in [5, 5.41) is 2.51. The Bertz CT molecular complexity index is 1360. The van der Waals surface area contributed by atoms with Crippen molar-refractivity contribution >= 4 is 50.3 Å². The van der Waals surface area contributed by atoms with Crippen LogP contribution in [0.2, 0.25) is 0 Å². The molecule has 1 saturated heterocycles. The van der Waals surface area contributed by atoms with Gasteiger partial charge in [-0.15, -0.1) is 22.7 Å². The molecule has 0 saturated carbocycles. The molecule has 1 aromatic carbocycles. The van der Waals surface area contributed by atoms with Crippen LogP contribution in [0.25, 0.3) is 20.7 Å². The molecule has 0 radical (unpaired) electrons. The number of thiophene rings is 2. The summed E-state index contributed by atoms with van der Waals surface area (Å²) in [5.74, 6) is -0.0659. The first-order valence-corrected chi connectivity index (χ1v) is 11.7. The number of anilines is 1. The standard InChI is InChI=1S/C23H19N3O3S2/c1-14-4-9-19(31-14)17-12-30-22-21(17)23(29)25(13-24-22)11-18(27)15-5-7-16(8-6-15)26-10-2-3-20(26)28/h4-9,12-13H,2-3,10-11H2,1H3. The van der Waals surface area contributed by atoms with Gasteiger partial charge in [-0.2, -0.15) is 0 Å². The van der Waals surface area contributed by atoms with Gasteiger partial charge in [-0.3, -0.25) is 19.0 Å². The average molecular weight is 450 g/mol. The summed E-state index contributed by atoms with van der Waals surface area (Å²) in [6.45, 7) is 2.66. The van der Waals surface area contributed by atoms with E-state index >= 15 is 0 Å². The molecule has 0 unspecified atom stereocenters. The van der Waals surface area contributed by atoms with Gasteiger partial charge in [0.05, 0.1) is 18.3 Å². The first-order chi connectivity index (χ1) is 15.0. The summed E-state index contributed by atoms with van der Waals surface area (Å²) in [7, 11) is 0. The molecule has 4 aromatic rings. The van der Waals surface area contributed by atoms with Gasteiger partial charge in [0.15, 0.2) is 5.78 Å². The molecular formula is C23H19N3O3S2. The molecular weight excluding hydrogens is 430 g/mol. The van der Waals surface area contributed by atoms with Crippen LogP contribution >= 0.6 is 22.7 Å². The second-order valence-corrected chi connectivity index (χ2v) is 9.68. The number of aryl methyl sites for hydroxylation is 1. The molecule has 8 heteroatoms. The van der Waals surface area contributed by atoms with E-state index in [4.69, 9.17) is 0 Å². The Hall–Kier alpha value is -3.10. The quantitative estimate of drug-likeness (QED) is 0.421. The highest BCUT2D eigenvalue weighted by molar-refractivity contribution is 7.19. The Kier molecular flexibility index (Phi) is 5.03. The number of aromatic nitrogens is 2. The summed E-state index contributed by atoms with van der Waals surface area (Å²) < 4.78 is 1.37. The van der Waals surface area contributed by atoms with E-state index in [1.54, 1.807) is 40.5 Å². The maximum Gasteiger partial charge on any atom is 0.263 e. The largest absolute Gasteiger partial charge is 0.312 e. The van der Waals surface area contributed by atoms with E-state index in [2.05, 4.69) is 4.98 Å². The maximum absolute atomic E-state index is 13.2. The van der Waals surface area contributed by atoms with Crippen molar-refractivity contribution in [3.8, 4) is 10.4 Å². The first kappa shape index (κ1) is 19.8. The van der Waals surface area contributed by atoms with E-state index in [0.29, 0.717) is 28.7 Å². The minimum absolute atomic E-state index is 0.0808.